The first kappa shape index (κ1) is 14.9. The molecule has 0 radical (unpaired) electrons. The lowest BCUT2D eigenvalue weighted by atomic mass is 10.2. The van der Waals surface area contributed by atoms with E-state index < -0.39 is 26.6 Å². The van der Waals surface area contributed by atoms with Gasteiger partial charge >= 0.3 is 0 Å². The van der Waals surface area contributed by atoms with Crippen molar-refractivity contribution in [2.75, 3.05) is 12.3 Å². The second-order valence-electron chi connectivity index (χ2n) is 4.09. The summed E-state index contributed by atoms with van der Waals surface area (Å²) < 4.78 is 52.8. The zero-order chi connectivity index (χ0) is 14.8. The molecule has 0 atom stereocenters. The number of benzene rings is 1. The Hall–Kier alpha value is -1.51. The molecule has 108 valence electrons. The maximum Gasteiger partial charge on any atom is 0.243 e. The highest BCUT2D eigenvalue weighted by Crippen LogP contribution is 2.20. The molecule has 0 amide bonds. The number of anilines is 1. The molecule has 2 rings (SSSR count). The Morgan fingerprint density at radius 3 is 2.70 bits per heavy atom. The van der Waals surface area contributed by atoms with Crippen molar-refractivity contribution in [1.29, 1.82) is 0 Å². The van der Waals surface area contributed by atoms with Crippen LogP contribution in [0.5, 0.6) is 0 Å². The summed E-state index contributed by atoms with van der Waals surface area (Å²) >= 11 is 1.50. The first-order valence-corrected chi connectivity index (χ1v) is 8.08. The monoisotopic (exact) mass is 318 g/mol. The van der Waals surface area contributed by atoms with Gasteiger partial charge in [-0.3, -0.25) is 0 Å². The highest BCUT2D eigenvalue weighted by atomic mass is 32.2. The van der Waals surface area contributed by atoms with Gasteiger partial charge in [0.05, 0.1) is 0 Å². The molecule has 0 aliphatic rings. The fraction of sp³-hybridized carbons (Fsp3) is 0.167. The van der Waals surface area contributed by atoms with Gasteiger partial charge in [0.1, 0.15) is 4.90 Å². The minimum atomic E-state index is -4.13. The van der Waals surface area contributed by atoms with Gasteiger partial charge in [0.15, 0.2) is 11.6 Å². The van der Waals surface area contributed by atoms with Gasteiger partial charge in [0, 0.05) is 12.2 Å². The van der Waals surface area contributed by atoms with E-state index in [0.29, 0.717) is 6.42 Å². The predicted molar refractivity (Wildman–Crippen MR) is 74.0 cm³/mol. The number of hydrogen-bond acceptors (Lipinski definition) is 4. The normalized spacial score (nSPS) is 11.7. The van der Waals surface area contributed by atoms with Gasteiger partial charge in [-0.25, -0.2) is 21.9 Å². The van der Waals surface area contributed by atoms with E-state index in [-0.39, 0.29) is 12.2 Å². The van der Waals surface area contributed by atoms with E-state index in [0.717, 1.165) is 17.7 Å². The number of rotatable bonds is 5. The molecule has 1 heterocycles. The van der Waals surface area contributed by atoms with Gasteiger partial charge in [-0.15, -0.1) is 0 Å². The fourth-order valence-corrected chi connectivity index (χ4v) is 3.48. The van der Waals surface area contributed by atoms with Crippen LogP contribution in [-0.2, 0) is 16.4 Å². The first-order valence-electron chi connectivity index (χ1n) is 5.65. The Morgan fingerprint density at radius 1 is 1.30 bits per heavy atom. The second kappa shape index (κ2) is 5.86. The van der Waals surface area contributed by atoms with Gasteiger partial charge in [-0.05, 0) is 40.9 Å². The van der Waals surface area contributed by atoms with Crippen molar-refractivity contribution in [2.24, 2.45) is 0 Å². The van der Waals surface area contributed by atoms with E-state index in [2.05, 4.69) is 4.72 Å². The molecule has 20 heavy (non-hydrogen) atoms. The van der Waals surface area contributed by atoms with Gasteiger partial charge < -0.3 is 5.73 Å². The molecule has 3 N–H and O–H groups in total. The maximum absolute atomic E-state index is 13.5. The van der Waals surface area contributed by atoms with Crippen LogP contribution in [0.3, 0.4) is 0 Å². The van der Waals surface area contributed by atoms with Crippen molar-refractivity contribution in [1.82, 2.24) is 4.72 Å². The molecule has 0 spiro atoms. The van der Waals surface area contributed by atoms with Gasteiger partial charge in [0.2, 0.25) is 10.0 Å². The molecule has 8 heteroatoms. The molecule has 0 aliphatic carbocycles. The highest BCUT2D eigenvalue weighted by molar-refractivity contribution is 7.89. The van der Waals surface area contributed by atoms with E-state index in [1.54, 1.807) is 0 Å². The lowest BCUT2D eigenvalue weighted by molar-refractivity contribution is 0.484. The molecule has 0 bridgehead atoms. The summed E-state index contributed by atoms with van der Waals surface area (Å²) in [5.74, 6) is -2.72. The van der Waals surface area contributed by atoms with Crippen LogP contribution in [0.25, 0.3) is 0 Å². The summed E-state index contributed by atoms with van der Waals surface area (Å²) in [5.41, 5.74) is 6.15. The molecule has 0 saturated carbocycles. The first-order chi connectivity index (χ1) is 9.40. The molecule has 0 aliphatic heterocycles. The Balaban J connectivity index is 2.14. The zero-order valence-electron chi connectivity index (χ0n) is 10.3. The number of thiophene rings is 1. The molecule has 0 fully saturated rings. The third-order valence-electron chi connectivity index (χ3n) is 2.59. The van der Waals surface area contributed by atoms with Crippen molar-refractivity contribution in [3.05, 3.63) is 46.2 Å². The van der Waals surface area contributed by atoms with Crippen molar-refractivity contribution in [3.63, 3.8) is 0 Å². The van der Waals surface area contributed by atoms with Gasteiger partial charge in [-0.2, -0.15) is 11.3 Å². The number of nitrogen functional groups attached to an aromatic ring is 1. The van der Waals surface area contributed by atoms with Crippen molar-refractivity contribution < 1.29 is 17.2 Å². The molecule has 2 aromatic rings. The SMILES string of the molecule is Nc1cc(F)c(F)c(S(=O)(=O)NCCc2ccsc2)c1. The van der Waals surface area contributed by atoms with Crippen molar-refractivity contribution in [2.45, 2.75) is 11.3 Å². The maximum atomic E-state index is 13.5. The summed E-state index contributed by atoms with van der Waals surface area (Å²) in [6.45, 7) is 0.0922. The summed E-state index contributed by atoms with van der Waals surface area (Å²) in [7, 11) is -4.13. The lowest BCUT2D eigenvalue weighted by Gasteiger charge is -2.08. The molecule has 4 nitrogen and oxygen atoms in total. The van der Waals surface area contributed by atoms with Crippen LogP contribution in [0.4, 0.5) is 14.5 Å². The van der Waals surface area contributed by atoms with Crippen LogP contribution in [-0.4, -0.2) is 15.0 Å². The topological polar surface area (TPSA) is 72.2 Å². The third-order valence-corrected chi connectivity index (χ3v) is 4.78. The molecular formula is C12H12F2N2O2S2. The number of nitrogens with one attached hydrogen (secondary N) is 1. The smallest absolute Gasteiger partial charge is 0.243 e. The number of halogens is 2. The standard InChI is InChI=1S/C12H12F2N2O2S2/c13-10-5-9(15)6-11(12(10)14)20(17,18)16-3-1-8-2-4-19-7-8/h2,4-7,16H,1,3,15H2. The average molecular weight is 318 g/mol. The van der Waals surface area contributed by atoms with Crippen LogP contribution in [0, 0.1) is 11.6 Å². The Morgan fingerprint density at radius 2 is 2.05 bits per heavy atom. The lowest BCUT2D eigenvalue weighted by Crippen LogP contribution is -2.27. The number of hydrogen-bond donors (Lipinski definition) is 2. The van der Waals surface area contributed by atoms with Crippen molar-refractivity contribution >= 4 is 27.0 Å². The zero-order valence-corrected chi connectivity index (χ0v) is 11.9. The summed E-state index contributed by atoms with van der Waals surface area (Å²) in [4.78, 5) is -0.777. The Bertz CT molecular complexity index is 700. The molecule has 1 aromatic heterocycles. The summed E-state index contributed by atoms with van der Waals surface area (Å²) in [6.07, 6.45) is 0.467. The van der Waals surface area contributed by atoms with Gasteiger partial charge in [0.25, 0.3) is 0 Å². The molecule has 0 saturated heterocycles. The van der Waals surface area contributed by atoms with Crippen LogP contribution in [0.2, 0.25) is 0 Å². The third kappa shape index (κ3) is 3.33. The van der Waals surface area contributed by atoms with Crippen molar-refractivity contribution in [3.8, 4) is 0 Å². The van der Waals surface area contributed by atoms with E-state index in [1.165, 1.54) is 11.3 Å². The summed E-state index contributed by atoms with van der Waals surface area (Å²) in [6, 6.07) is 3.49. The van der Waals surface area contributed by atoms with E-state index in [9.17, 15) is 17.2 Å². The fourth-order valence-electron chi connectivity index (χ4n) is 1.62. The molecule has 1 aromatic carbocycles. The number of nitrogens with two attached hydrogens (primary N) is 1. The summed E-state index contributed by atoms with van der Waals surface area (Å²) in [5, 5.41) is 3.76. The second-order valence-corrected chi connectivity index (χ2v) is 6.61. The quantitative estimate of drug-likeness (QED) is 0.830. The highest BCUT2D eigenvalue weighted by Gasteiger charge is 2.22. The largest absolute Gasteiger partial charge is 0.399 e. The Kier molecular flexibility index (Phi) is 4.36. The molecule has 0 unspecified atom stereocenters. The molecular weight excluding hydrogens is 306 g/mol. The van der Waals surface area contributed by atoms with Crippen LogP contribution >= 0.6 is 11.3 Å². The average Bonchev–Trinajstić information content (AvgIpc) is 2.86. The van der Waals surface area contributed by atoms with Crippen LogP contribution < -0.4 is 10.5 Å². The predicted octanol–water partition coefficient (Wildman–Crippen LogP) is 2.13. The Labute approximate surface area is 119 Å². The van der Waals surface area contributed by atoms with E-state index in [4.69, 9.17) is 5.73 Å². The minimum Gasteiger partial charge on any atom is -0.399 e. The minimum absolute atomic E-state index is 0.0922. The van der Waals surface area contributed by atoms with E-state index in [1.807, 2.05) is 16.8 Å². The number of sulfonamides is 1. The van der Waals surface area contributed by atoms with E-state index >= 15 is 0 Å². The van der Waals surface area contributed by atoms with Crippen LogP contribution in [0.1, 0.15) is 5.56 Å². The van der Waals surface area contributed by atoms with Crippen LogP contribution in [0.15, 0.2) is 33.9 Å². The van der Waals surface area contributed by atoms with Gasteiger partial charge in [-0.1, -0.05) is 0 Å².